The molecular weight excluding hydrogens is 318 g/mol. The van der Waals surface area contributed by atoms with Crippen LogP contribution in [0.4, 0.5) is 5.69 Å². The van der Waals surface area contributed by atoms with Crippen LogP contribution in [0.5, 0.6) is 0 Å². The van der Waals surface area contributed by atoms with Gasteiger partial charge in [-0.2, -0.15) is 5.10 Å². The van der Waals surface area contributed by atoms with E-state index in [9.17, 15) is 9.59 Å². The summed E-state index contributed by atoms with van der Waals surface area (Å²) >= 11 is 0. The number of rotatable bonds is 4. The van der Waals surface area contributed by atoms with Crippen LogP contribution in [-0.2, 0) is 11.8 Å². The van der Waals surface area contributed by atoms with E-state index in [0.29, 0.717) is 11.3 Å². The second-order valence-corrected chi connectivity index (χ2v) is 5.85. The van der Waals surface area contributed by atoms with Crippen LogP contribution in [0.25, 0.3) is 11.0 Å². The van der Waals surface area contributed by atoms with Crippen LogP contribution in [0.15, 0.2) is 42.6 Å². The van der Waals surface area contributed by atoms with Gasteiger partial charge in [-0.3, -0.25) is 14.3 Å². The van der Waals surface area contributed by atoms with E-state index in [4.69, 9.17) is 0 Å². The highest BCUT2D eigenvalue weighted by Crippen LogP contribution is 2.19. The third kappa shape index (κ3) is 3.50. The molecule has 0 bridgehead atoms. The predicted octanol–water partition coefficient (Wildman–Crippen LogP) is 2.03. The highest BCUT2D eigenvalue weighted by Gasteiger charge is 2.17. The number of aromatic nitrogens is 3. The molecule has 2 N–H and O–H groups in total. The molecule has 7 heteroatoms. The van der Waals surface area contributed by atoms with Gasteiger partial charge in [-0.25, -0.2) is 4.98 Å². The number of fused-ring (bicyclic) bond motifs is 1. The lowest BCUT2D eigenvalue weighted by molar-refractivity contribution is -0.117. The van der Waals surface area contributed by atoms with Crippen LogP contribution in [-0.4, -0.2) is 32.6 Å². The Morgan fingerprint density at radius 2 is 1.92 bits per heavy atom. The summed E-state index contributed by atoms with van der Waals surface area (Å²) < 4.78 is 1.69. The lowest BCUT2D eigenvalue weighted by Crippen LogP contribution is -2.41. The van der Waals surface area contributed by atoms with Crippen molar-refractivity contribution in [2.24, 2.45) is 7.05 Å². The largest absolute Gasteiger partial charge is 0.341 e. The molecule has 25 heavy (non-hydrogen) atoms. The summed E-state index contributed by atoms with van der Waals surface area (Å²) in [6, 6.07) is 9.92. The molecule has 2 heterocycles. The molecule has 7 nitrogen and oxygen atoms in total. The third-order valence-corrected chi connectivity index (χ3v) is 3.91. The van der Waals surface area contributed by atoms with Crippen LogP contribution in [0.2, 0.25) is 0 Å². The van der Waals surface area contributed by atoms with Crippen molar-refractivity contribution in [3.63, 3.8) is 0 Å². The number of aryl methyl sites for hydroxylation is 2. The first-order valence-corrected chi connectivity index (χ1v) is 7.92. The summed E-state index contributed by atoms with van der Waals surface area (Å²) in [4.78, 5) is 28.8. The van der Waals surface area contributed by atoms with Crippen molar-refractivity contribution in [2.75, 3.05) is 5.32 Å². The molecule has 1 aromatic carbocycles. The molecule has 0 spiro atoms. The second-order valence-electron chi connectivity index (χ2n) is 5.85. The van der Waals surface area contributed by atoms with Gasteiger partial charge in [0.25, 0.3) is 5.91 Å². The van der Waals surface area contributed by atoms with Gasteiger partial charge in [-0.05, 0) is 32.0 Å². The number of hydrogen-bond donors (Lipinski definition) is 2. The zero-order chi connectivity index (χ0) is 18.0. The molecule has 1 unspecified atom stereocenters. The Morgan fingerprint density at radius 1 is 1.20 bits per heavy atom. The molecule has 0 saturated heterocycles. The Balaban J connectivity index is 1.69. The zero-order valence-corrected chi connectivity index (χ0v) is 14.3. The van der Waals surface area contributed by atoms with E-state index in [1.165, 1.54) is 0 Å². The highest BCUT2D eigenvalue weighted by molar-refractivity contribution is 6.01. The number of amides is 2. The molecule has 1 atom stereocenters. The van der Waals surface area contributed by atoms with Crippen molar-refractivity contribution in [1.29, 1.82) is 0 Å². The van der Waals surface area contributed by atoms with Gasteiger partial charge >= 0.3 is 0 Å². The highest BCUT2D eigenvalue weighted by atomic mass is 16.2. The number of hydrogen-bond acceptors (Lipinski definition) is 4. The Hall–Kier alpha value is -3.22. The van der Waals surface area contributed by atoms with Crippen molar-refractivity contribution in [3.05, 3.63) is 53.9 Å². The van der Waals surface area contributed by atoms with E-state index in [2.05, 4.69) is 20.7 Å². The van der Waals surface area contributed by atoms with E-state index >= 15 is 0 Å². The monoisotopic (exact) mass is 337 g/mol. The fourth-order valence-corrected chi connectivity index (χ4v) is 2.56. The molecular formula is C18H19N5O2. The SMILES string of the molecule is Cc1nn(C)c2ncc(NC(=O)C(C)NC(=O)c3ccccc3)cc12. The minimum absolute atomic E-state index is 0.292. The standard InChI is InChI=1S/C18H19N5O2/c1-11-15-9-14(10-19-16(15)23(3)22-11)21-17(24)12(2)20-18(25)13-7-5-4-6-8-13/h4-10,12H,1-3H3,(H,20,25)(H,21,24). The Bertz CT molecular complexity index is 933. The van der Waals surface area contributed by atoms with E-state index in [1.54, 1.807) is 42.1 Å². The number of nitrogens with one attached hydrogen (secondary N) is 2. The first-order valence-electron chi connectivity index (χ1n) is 7.92. The normalized spacial score (nSPS) is 12.0. The van der Waals surface area contributed by atoms with Crippen LogP contribution in [0.1, 0.15) is 23.0 Å². The number of carbonyl (C=O) groups excluding carboxylic acids is 2. The number of benzene rings is 1. The van der Waals surface area contributed by atoms with E-state index in [0.717, 1.165) is 16.7 Å². The molecule has 0 aliphatic carbocycles. The molecule has 0 aliphatic heterocycles. The van der Waals surface area contributed by atoms with Crippen molar-refractivity contribution < 1.29 is 9.59 Å². The van der Waals surface area contributed by atoms with E-state index in [-0.39, 0.29) is 11.8 Å². The number of nitrogens with zero attached hydrogens (tertiary/aromatic N) is 3. The summed E-state index contributed by atoms with van der Waals surface area (Å²) in [7, 11) is 1.82. The van der Waals surface area contributed by atoms with Gasteiger partial charge in [0, 0.05) is 18.0 Å². The van der Waals surface area contributed by atoms with Gasteiger partial charge in [0.05, 0.1) is 17.6 Å². The Kier molecular flexibility index (Phi) is 4.47. The average molecular weight is 337 g/mol. The molecule has 3 aromatic rings. The molecule has 0 radical (unpaired) electrons. The maximum atomic E-state index is 12.3. The van der Waals surface area contributed by atoms with Crippen LogP contribution in [0.3, 0.4) is 0 Å². The summed E-state index contributed by atoms with van der Waals surface area (Å²) in [6.07, 6.45) is 1.58. The number of anilines is 1. The van der Waals surface area contributed by atoms with Gasteiger partial charge < -0.3 is 10.6 Å². The molecule has 2 aromatic heterocycles. The predicted molar refractivity (Wildman–Crippen MR) is 95.2 cm³/mol. The average Bonchev–Trinajstić information content (AvgIpc) is 2.89. The molecule has 0 fully saturated rings. The Morgan fingerprint density at radius 3 is 2.64 bits per heavy atom. The first kappa shape index (κ1) is 16.6. The van der Waals surface area contributed by atoms with Gasteiger partial charge in [0.2, 0.25) is 5.91 Å². The first-order chi connectivity index (χ1) is 12.0. The minimum atomic E-state index is -0.682. The van der Waals surface area contributed by atoms with Crippen molar-refractivity contribution in [3.8, 4) is 0 Å². The maximum Gasteiger partial charge on any atom is 0.251 e. The lowest BCUT2D eigenvalue weighted by atomic mass is 10.2. The fourth-order valence-electron chi connectivity index (χ4n) is 2.56. The van der Waals surface area contributed by atoms with Crippen LogP contribution < -0.4 is 10.6 Å². The topological polar surface area (TPSA) is 88.9 Å². The quantitative estimate of drug-likeness (QED) is 0.762. The molecule has 3 rings (SSSR count). The lowest BCUT2D eigenvalue weighted by Gasteiger charge is -2.14. The Labute approximate surface area is 145 Å². The molecule has 2 amide bonds. The van der Waals surface area contributed by atoms with Gasteiger partial charge in [-0.15, -0.1) is 0 Å². The maximum absolute atomic E-state index is 12.3. The van der Waals surface area contributed by atoms with Crippen molar-refractivity contribution in [1.82, 2.24) is 20.1 Å². The smallest absolute Gasteiger partial charge is 0.251 e. The van der Waals surface area contributed by atoms with Crippen molar-refractivity contribution >= 4 is 28.5 Å². The fraction of sp³-hybridized carbons (Fsp3) is 0.222. The zero-order valence-electron chi connectivity index (χ0n) is 14.3. The van der Waals surface area contributed by atoms with E-state index in [1.807, 2.05) is 26.1 Å². The number of carbonyl (C=O) groups is 2. The summed E-state index contributed by atoms with van der Waals surface area (Å²) in [6.45, 7) is 3.52. The number of pyridine rings is 1. The summed E-state index contributed by atoms with van der Waals surface area (Å²) in [5.41, 5.74) is 2.66. The molecule has 128 valence electrons. The molecule has 0 saturated carbocycles. The van der Waals surface area contributed by atoms with Gasteiger partial charge in [-0.1, -0.05) is 18.2 Å². The van der Waals surface area contributed by atoms with Gasteiger partial charge in [0.15, 0.2) is 5.65 Å². The second kappa shape index (κ2) is 6.72. The van der Waals surface area contributed by atoms with Crippen LogP contribution in [0, 0.1) is 6.92 Å². The minimum Gasteiger partial charge on any atom is -0.341 e. The van der Waals surface area contributed by atoms with Crippen molar-refractivity contribution in [2.45, 2.75) is 19.9 Å². The van der Waals surface area contributed by atoms with Crippen LogP contribution >= 0.6 is 0 Å². The van der Waals surface area contributed by atoms with Gasteiger partial charge in [0.1, 0.15) is 6.04 Å². The third-order valence-electron chi connectivity index (χ3n) is 3.91. The summed E-state index contributed by atoms with van der Waals surface area (Å²) in [5.74, 6) is -0.605. The summed E-state index contributed by atoms with van der Waals surface area (Å²) in [5, 5.41) is 10.6. The molecule has 0 aliphatic rings. The van der Waals surface area contributed by atoms with E-state index < -0.39 is 6.04 Å².